The van der Waals surface area contributed by atoms with Gasteiger partial charge in [-0.1, -0.05) is 6.07 Å². The molecule has 0 radical (unpaired) electrons. The summed E-state index contributed by atoms with van der Waals surface area (Å²) in [6, 6.07) is 8.58. The van der Waals surface area contributed by atoms with Crippen LogP contribution < -0.4 is 14.8 Å². The number of carbonyl (C=O) groups is 1. The molecule has 0 fully saturated rings. The Balaban J connectivity index is 2.24. The third-order valence-electron chi connectivity index (χ3n) is 3.19. The van der Waals surface area contributed by atoms with Crippen LogP contribution in [-0.2, 0) is 10.0 Å². The molecule has 0 aliphatic carbocycles. The van der Waals surface area contributed by atoms with Crippen LogP contribution in [0.5, 0.6) is 5.75 Å². The van der Waals surface area contributed by atoms with Crippen molar-refractivity contribution in [3.8, 4) is 5.75 Å². The summed E-state index contributed by atoms with van der Waals surface area (Å²) in [4.78, 5) is 12.3. The van der Waals surface area contributed by atoms with Crippen molar-refractivity contribution < 1.29 is 22.3 Å². The summed E-state index contributed by atoms with van der Waals surface area (Å²) in [5.41, 5.74) is 1.26. The molecule has 2 aromatic rings. The Kier molecular flexibility index (Phi) is 5.08. The van der Waals surface area contributed by atoms with E-state index in [0.717, 1.165) is 17.9 Å². The summed E-state index contributed by atoms with van der Waals surface area (Å²) in [5.74, 6) is -0.596. The van der Waals surface area contributed by atoms with E-state index in [9.17, 15) is 17.6 Å². The van der Waals surface area contributed by atoms with Gasteiger partial charge in [0.2, 0.25) is 10.0 Å². The van der Waals surface area contributed by atoms with Crippen LogP contribution in [0.15, 0.2) is 36.4 Å². The van der Waals surface area contributed by atoms with Crippen molar-refractivity contribution in [2.75, 3.05) is 23.4 Å². The lowest BCUT2D eigenvalue weighted by atomic mass is 10.1. The van der Waals surface area contributed by atoms with Gasteiger partial charge in [0.1, 0.15) is 11.6 Å². The first-order valence-corrected chi connectivity index (χ1v) is 8.82. The Morgan fingerprint density at radius 2 is 1.88 bits per heavy atom. The van der Waals surface area contributed by atoms with Gasteiger partial charge in [-0.25, -0.2) is 12.8 Å². The van der Waals surface area contributed by atoms with Crippen molar-refractivity contribution in [2.24, 2.45) is 0 Å². The maximum absolute atomic E-state index is 13.6. The fraction of sp³-hybridized carbons (Fsp3) is 0.188. The van der Waals surface area contributed by atoms with Gasteiger partial charge in [0.05, 0.1) is 19.1 Å². The summed E-state index contributed by atoms with van der Waals surface area (Å²) >= 11 is 0. The number of benzene rings is 2. The van der Waals surface area contributed by atoms with Crippen molar-refractivity contribution in [2.45, 2.75) is 6.92 Å². The minimum absolute atomic E-state index is 0.239. The Morgan fingerprint density at radius 1 is 1.17 bits per heavy atom. The summed E-state index contributed by atoms with van der Waals surface area (Å²) in [6.45, 7) is 1.85. The highest BCUT2D eigenvalue weighted by atomic mass is 32.2. The van der Waals surface area contributed by atoms with Crippen LogP contribution in [0, 0.1) is 12.7 Å². The van der Waals surface area contributed by atoms with Gasteiger partial charge in [-0.15, -0.1) is 0 Å². The quantitative estimate of drug-likeness (QED) is 0.867. The molecule has 0 heterocycles. The van der Waals surface area contributed by atoms with Gasteiger partial charge in [0.25, 0.3) is 5.91 Å². The van der Waals surface area contributed by atoms with Crippen LogP contribution in [0.3, 0.4) is 0 Å². The Labute approximate surface area is 139 Å². The molecule has 2 aromatic carbocycles. The summed E-state index contributed by atoms with van der Waals surface area (Å²) in [5, 5.41) is 2.59. The van der Waals surface area contributed by atoms with E-state index >= 15 is 0 Å². The van der Waals surface area contributed by atoms with E-state index in [-0.39, 0.29) is 11.4 Å². The van der Waals surface area contributed by atoms with E-state index in [0.29, 0.717) is 11.3 Å². The van der Waals surface area contributed by atoms with Gasteiger partial charge in [0.15, 0.2) is 0 Å². The van der Waals surface area contributed by atoms with E-state index in [4.69, 9.17) is 4.74 Å². The maximum Gasteiger partial charge on any atom is 0.255 e. The number of carbonyl (C=O) groups excluding carboxylic acids is 1. The molecule has 0 aromatic heterocycles. The molecule has 2 rings (SSSR count). The van der Waals surface area contributed by atoms with Crippen molar-refractivity contribution in [3.05, 3.63) is 53.3 Å². The molecule has 0 bridgehead atoms. The number of anilines is 2. The fourth-order valence-electron chi connectivity index (χ4n) is 2.05. The van der Waals surface area contributed by atoms with Crippen LogP contribution in [0.1, 0.15) is 15.9 Å². The van der Waals surface area contributed by atoms with E-state index in [1.165, 1.54) is 19.2 Å². The highest BCUT2D eigenvalue weighted by Gasteiger charge is 2.12. The van der Waals surface area contributed by atoms with E-state index in [2.05, 4.69) is 10.0 Å². The molecule has 0 unspecified atom stereocenters. The first-order chi connectivity index (χ1) is 11.2. The maximum atomic E-state index is 13.6. The Bertz CT molecular complexity index is 882. The van der Waals surface area contributed by atoms with E-state index < -0.39 is 21.7 Å². The second-order valence-corrected chi connectivity index (χ2v) is 6.96. The van der Waals surface area contributed by atoms with E-state index in [1.54, 1.807) is 18.2 Å². The fourth-order valence-corrected chi connectivity index (χ4v) is 2.60. The topological polar surface area (TPSA) is 84.5 Å². The smallest absolute Gasteiger partial charge is 0.255 e. The second-order valence-electron chi connectivity index (χ2n) is 5.21. The van der Waals surface area contributed by atoms with Crippen LogP contribution in [-0.4, -0.2) is 27.7 Å². The lowest BCUT2D eigenvalue weighted by molar-refractivity contribution is 0.102. The molecule has 128 valence electrons. The molecule has 1 amide bonds. The molecule has 8 heteroatoms. The molecule has 2 N–H and O–H groups in total. The van der Waals surface area contributed by atoms with E-state index in [1.807, 2.05) is 6.92 Å². The van der Waals surface area contributed by atoms with Gasteiger partial charge in [0, 0.05) is 11.3 Å². The predicted molar refractivity (Wildman–Crippen MR) is 90.6 cm³/mol. The molecule has 0 saturated carbocycles. The minimum Gasteiger partial charge on any atom is -0.496 e. The number of hydrogen-bond acceptors (Lipinski definition) is 4. The number of nitrogens with one attached hydrogen (secondary N) is 2. The molecular weight excluding hydrogens is 335 g/mol. The molecular formula is C16H17FN2O4S. The van der Waals surface area contributed by atoms with Gasteiger partial charge in [-0.05, 0) is 42.8 Å². The number of amides is 1. The molecule has 0 aliphatic rings. The lowest BCUT2D eigenvalue weighted by Crippen LogP contribution is -2.14. The summed E-state index contributed by atoms with van der Waals surface area (Å²) in [6.07, 6.45) is 0.913. The van der Waals surface area contributed by atoms with Crippen LogP contribution in [0.4, 0.5) is 15.8 Å². The summed E-state index contributed by atoms with van der Waals surface area (Å²) < 4.78 is 43.3. The zero-order valence-electron chi connectivity index (χ0n) is 13.4. The predicted octanol–water partition coefficient (Wildman–Crippen LogP) is 2.77. The van der Waals surface area contributed by atoms with Gasteiger partial charge in [-0.2, -0.15) is 0 Å². The second kappa shape index (κ2) is 6.88. The molecule has 0 atom stereocenters. The van der Waals surface area contributed by atoms with Crippen molar-refractivity contribution in [3.63, 3.8) is 0 Å². The van der Waals surface area contributed by atoms with Gasteiger partial charge < -0.3 is 10.1 Å². The van der Waals surface area contributed by atoms with Gasteiger partial charge >= 0.3 is 0 Å². The highest BCUT2D eigenvalue weighted by Crippen LogP contribution is 2.23. The molecule has 0 spiro atoms. The SMILES string of the molecule is COc1cc(C(=O)Nc2ccc(F)c(NS(C)(=O)=O)c2)ccc1C. The largest absolute Gasteiger partial charge is 0.496 e. The van der Waals surface area contributed by atoms with Crippen molar-refractivity contribution in [1.82, 2.24) is 0 Å². The third-order valence-corrected chi connectivity index (χ3v) is 3.78. The lowest BCUT2D eigenvalue weighted by Gasteiger charge is -2.11. The zero-order valence-corrected chi connectivity index (χ0v) is 14.2. The number of rotatable bonds is 5. The standard InChI is InChI=1S/C16H17FN2O4S/c1-10-4-5-11(8-15(10)23-2)16(20)18-12-6-7-13(17)14(9-12)19-24(3,21)22/h4-9,19H,1-3H3,(H,18,20). The minimum atomic E-state index is -3.63. The average Bonchev–Trinajstić information content (AvgIpc) is 2.49. The molecule has 0 saturated heterocycles. The third kappa shape index (κ3) is 4.45. The number of aryl methyl sites for hydroxylation is 1. The first-order valence-electron chi connectivity index (χ1n) is 6.93. The Morgan fingerprint density at radius 3 is 2.50 bits per heavy atom. The normalized spacial score (nSPS) is 11.0. The number of hydrogen-bond donors (Lipinski definition) is 2. The van der Waals surface area contributed by atoms with Gasteiger partial charge in [-0.3, -0.25) is 9.52 Å². The Hall–Kier alpha value is -2.61. The molecule has 0 aliphatic heterocycles. The van der Waals surface area contributed by atoms with Crippen LogP contribution in [0.25, 0.3) is 0 Å². The number of ether oxygens (including phenoxy) is 1. The number of methoxy groups -OCH3 is 1. The molecule has 24 heavy (non-hydrogen) atoms. The van der Waals surface area contributed by atoms with Crippen LogP contribution >= 0.6 is 0 Å². The monoisotopic (exact) mass is 352 g/mol. The van der Waals surface area contributed by atoms with Crippen molar-refractivity contribution in [1.29, 1.82) is 0 Å². The summed E-state index contributed by atoms with van der Waals surface area (Å²) in [7, 11) is -2.12. The zero-order chi connectivity index (χ0) is 17.9. The first kappa shape index (κ1) is 17.7. The van der Waals surface area contributed by atoms with Crippen LogP contribution in [0.2, 0.25) is 0 Å². The highest BCUT2D eigenvalue weighted by molar-refractivity contribution is 7.92. The van der Waals surface area contributed by atoms with Crippen molar-refractivity contribution >= 4 is 27.3 Å². The number of halogens is 1. The number of sulfonamides is 1. The average molecular weight is 352 g/mol. The molecule has 6 nitrogen and oxygen atoms in total.